The summed E-state index contributed by atoms with van der Waals surface area (Å²) < 4.78 is 0. The molecule has 3 aromatic rings. The second-order valence-corrected chi connectivity index (χ2v) is 9.11. The van der Waals surface area contributed by atoms with Gasteiger partial charge in [-0.05, 0) is 67.1 Å². The Bertz CT molecular complexity index is 1040. The summed E-state index contributed by atoms with van der Waals surface area (Å²) in [5.41, 5.74) is 4.18. The minimum atomic E-state index is -0.419. The fraction of sp³-hybridized carbons (Fsp3) is 0.296. The van der Waals surface area contributed by atoms with Gasteiger partial charge in [0.1, 0.15) is 0 Å². The number of hydrogen-bond donors (Lipinski definition) is 0. The van der Waals surface area contributed by atoms with E-state index in [9.17, 15) is 4.79 Å². The van der Waals surface area contributed by atoms with Crippen LogP contribution in [0.1, 0.15) is 39.9 Å². The number of rotatable bonds is 4. The number of piperidine rings is 1. The van der Waals surface area contributed by atoms with Crippen LogP contribution in [0.15, 0.2) is 78.9 Å². The van der Waals surface area contributed by atoms with Crippen LogP contribution >= 0.6 is 11.6 Å². The molecule has 2 aliphatic rings. The first-order chi connectivity index (χ1) is 14.7. The zero-order valence-corrected chi connectivity index (χ0v) is 17.8. The minimum Gasteiger partial charge on any atom is -0.299 e. The summed E-state index contributed by atoms with van der Waals surface area (Å²) in [5, 5.41) is 0.779. The lowest BCUT2D eigenvalue weighted by Gasteiger charge is -2.42. The molecule has 1 aliphatic carbocycles. The Balaban J connectivity index is 1.39. The van der Waals surface area contributed by atoms with Crippen molar-refractivity contribution >= 4 is 17.4 Å². The largest absolute Gasteiger partial charge is 0.299 e. The average Bonchev–Trinajstić information content (AvgIpc) is 3.10. The van der Waals surface area contributed by atoms with E-state index in [0.29, 0.717) is 11.7 Å². The highest BCUT2D eigenvalue weighted by Gasteiger charge is 2.52. The fourth-order valence-electron chi connectivity index (χ4n) is 5.48. The van der Waals surface area contributed by atoms with Gasteiger partial charge in [0.25, 0.3) is 0 Å². The zero-order chi connectivity index (χ0) is 20.6. The summed E-state index contributed by atoms with van der Waals surface area (Å²) in [5.74, 6) is 0.682. The highest BCUT2D eigenvalue weighted by atomic mass is 35.5. The molecule has 3 aromatic carbocycles. The summed E-state index contributed by atoms with van der Waals surface area (Å²) in [6.07, 6.45) is 2.91. The molecule has 1 heterocycles. The Morgan fingerprint density at radius 3 is 2.23 bits per heavy atom. The van der Waals surface area contributed by atoms with Crippen molar-refractivity contribution in [2.24, 2.45) is 5.92 Å². The van der Waals surface area contributed by atoms with E-state index in [4.69, 9.17) is 11.6 Å². The van der Waals surface area contributed by atoms with Gasteiger partial charge in [-0.2, -0.15) is 0 Å². The maximum absolute atomic E-state index is 13.8. The van der Waals surface area contributed by atoms with Crippen LogP contribution in [-0.4, -0.2) is 23.8 Å². The SMILES string of the molecule is O=C1c2ccccc2CC1(c1ccccc1)C1CCN(Cc2ccc(Cl)cc2)CC1. The van der Waals surface area contributed by atoms with Gasteiger partial charge in [0, 0.05) is 17.1 Å². The van der Waals surface area contributed by atoms with Crippen LogP contribution in [0, 0.1) is 5.92 Å². The minimum absolute atomic E-state index is 0.320. The highest BCUT2D eigenvalue weighted by molar-refractivity contribution is 6.30. The van der Waals surface area contributed by atoms with Gasteiger partial charge in [0.2, 0.25) is 0 Å². The van der Waals surface area contributed by atoms with Gasteiger partial charge in [0.15, 0.2) is 5.78 Å². The van der Waals surface area contributed by atoms with Gasteiger partial charge < -0.3 is 0 Å². The van der Waals surface area contributed by atoms with Gasteiger partial charge in [-0.1, -0.05) is 78.3 Å². The summed E-state index contributed by atoms with van der Waals surface area (Å²) >= 11 is 6.03. The smallest absolute Gasteiger partial charge is 0.174 e. The van der Waals surface area contributed by atoms with Gasteiger partial charge in [-0.3, -0.25) is 9.69 Å². The standard InChI is InChI=1S/C27H26ClNO/c28-24-12-10-20(11-13-24)19-29-16-14-23(15-17-29)27(22-7-2-1-3-8-22)18-21-6-4-5-9-25(21)26(27)30/h1-13,23H,14-19H2. The topological polar surface area (TPSA) is 20.3 Å². The van der Waals surface area contributed by atoms with Gasteiger partial charge in [-0.15, -0.1) is 0 Å². The maximum Gasteiger partial charge on any atom is 0.174 e. The normalized spacial score (nSPS) is 22.2. The third kappa shape index (κ3) is 3.38. The molecule has 30 heavy (non-hydrogen) atoms. The first-order valence-electron chi connectivity index (χ1n) is 10.8. The van der Waals surface area contributed by atoms with Crippen molar-refractivity contribution in [3.8, 4) is 0 Å². The lowest BCUT2D eigenvalue weighted by atomic mass is 9.64. The van der Waals surface area contributed by atoms with E-state index in [1.54, 1.807) is 0 Å². The molecule has 0 saturated carbocycles. The van der Waals surface area contributed by atoms with E-state index in [1.807, 2.05) is 30.3 Å². The van der Waals surface area contributed by atoms with E-state index < -0.39 is 5.41 Å². The molecule has 1 saturated heterocycles. The summed E-state index contributed by atoms with van der Waals surface area (Å²) in [6, 6.07) is 26.8. The third-order valence-corrected chi connectivity index (χ3v) is 7.28. The maximum atomic E-state index is 13.8. The van der Waals surface area contributed by atoms with Crippen molar-refractivity contribution in [1.29, 1.82) is 0 Å². The number of halogens is 1. The molecule has 152 valence electrons. The third-order valence-electron chi connectivity index (χ3n) is 7.03. The van der Waals surface area contributed by atoms with Crippen molar-refractivity contribution in [2.45, 2.75) is 31.2 Å². The van der Waals surface area contributed by atoms with Gasteiger partial charge >= 0.3 is 0 Å². The van der Waals surface area contributed by atoms with Crippen LogP contribution in [0.4, 0.5) is 0 Å². The monoisotopic (exact) mass is 415 g/mol. The first-order valence-corrected chi connectivity index (χ1v) is 11.2. The molecule has 2 nitrogen and oxygen atoms in total. The number of benzene rings is 3. The molecular weight excluding hydrogens is 390 g/mol. The van der Waals surface area contributed by atoms with Crippen molar-refractivity contribution in [2.75, 3.05) is 13.1 Å². The van der Waals surface area contributed by atoms with Crippen molar-refractivity contribution < 1.29 is 4.79 Å². The number of hydrogen-bond acceptors (Lipinski definition) is 2. The summed E-state index contributed by atoms with van der Waals surface area (Å²) in [7, 11) is 0. The molecule has 0 radical (unpaired) electrons. The number of carbonyl (C=O) groups is 1. The first kappa shape index (κ1) is 19.5. The Hall–Kier alpha value is -2.42. The number of carbonyl (C=O) groups excluding carboxylic acids is 1. The second-order valence-electron chi connectivity index (χ2n) is 8.68. The average molecular weight is 416 g/mol. The molecule has 1 fully saturated rings. The number of Topliss-reactive ketones (excluding diaryl/α,β-unsaturated/α-hetero) is 1. The second kappa shape index (κ2) is 8.02. The Kier molecular flexibility index (Phi) is 5.22. The van der Waals surface area contributed by atoms with Crippen LogP contribution in [0.25, 0.3) is 0 Å². The summed E-state index contributed by atoms with van der Waals surface area (Å²) in [6.45, 7) is 2.98. The molecule has 5 rings (SSSR count). The van der Waals surface area contributed by atoms with Crippen LogP contribution in [0.5, 0.6) is 0 Å². The molecule has 1 atom stereocenters. The predicted octanol–water partition coefficient (Wildman–Crippen LogP) is 5.93. The summed E-state index contributed by atoms with van der Waals surface area (Å²) in [4.78, 5) is 16.3. The molecular formula is C27H26ClNO. The predicted molar refractivity (Wildman–Crippen MR) is 122 cm³/mol. The fourth-order valence-corrected chi connectivity index (χ4v) is 5.61. The lowest BCUT2D eigenvalue weighted by molar-refractivity contribution is 0.0735. The molecule has 0 aromatic heterocycles. The number of fused-ring (bicyclic) bond motifs is 1. The van der Waals surface area contributed by atoms with Crippen molar-refractivity contribution in [3.05, 3.63) is 106 Å². The van der Waals surface area contributed by atoms with E-state index in [1.165, 1.54) is 16.7 Å². The number of nitrogens with zero attached hydrogens (tertiary/aromatic N) is 1. The number of likely N-dealkylation sites (tertiary alicyclic amines) is 1. The van der Waals surface area contributed by atoms with Crippen LogP contribution < -0.4 is 0 Å². The highest BCUT2D eigenvalue weighted by Crippen LogP contribution is 2.48. The molecule has 0 spiro atoms. The molecule has 0 N–H and O–H groups in total. The molecule has 3 heteroatoms. The van der Waals surface area contributed by atoms with E-state index in [2.05, 4.69) is 53.4 Å². The van der Waals surface area contributed by atoms with E-state index in [-0.39, 0.29) is 0 Å². The van der Waals surface area contributed by atoms with Crippen molar-refractivity contribution in [3.63, 3.8) is 0 Å². The van der Waals surface area contributed by atoms with Gasteiger partial charge in [-0.25, -0.2) is 0 Å². The molecule has 0 bridgehead atoms. The van der Waals surface area contributed by atoms with Crippen molar-refractivity contribution in [1.82, 2.24) is 4.90 Å². The van der Waals surface area contributed by atoms with Crippen LogP contribution in [0.3, 0.4) is 0 Å². The Morgan fingerprint density at radius 1 is 0.867 bits per heavy atom. The zero-order valence-electron chi connectivity index (χ0n) is 17.1. The lowest BCUT2D eigenvalue weighted by Crippen LogP contribution is -2.47. The molecule has 1 aliphatic heterocycles. The molecule has 0 amide bonds. The molecule has 1 unspecified atom stereocenters. The quantitative estimate of drug-likeness (QED) is 0.526. The van der Waals surface area contributed by atoms with Crippen LogP contribution in [-0.2, 0) is 18.4 Å². The Morgan fingerprint density at radius 2 is 1.53 bits per heavy atom. The van der Waals surface area contributed by atoms with Gasteiger partial charge in [0.05, 0.1) is 5.41 Å². The van der Waals surface area contributed by atoms with E-state index >= 15 is 0 Å². The van der Waals surface area contributed by atoms with Crippen LogP contribution in [0.2, 0.25) is 5.02 Å². The Labute approximate surface area is 183 Å². The number of ketones is 1. The van der Waals surface area contributed by atoms with E-state index in [0.717, 1.165) is 49.5 Å².